The summed E-state index contributed by atoms with van der Waals surface area (Å²) in [4.78, 5) is 28.6. The highest BCUT2D eigenvalue weighted by Gasteiger charge is 2.34. The van der Waals surface area contributed by atoms with Crippen LogP contribution in [0.15, 0.2) is 77.7 Å². The first-order valence-electron chi connectivity index (χ1n) is 12.9. The summed E-state index contributed by atoms with van der Waals surface area (Å²) in [6, 6.07) is 18.3. The van der Waals surface area contributed by atoms with E-state index in [-0.39, 0.29) is 34.1 Å². The molecular formula is C29H30Cl3N3O4S. The van der Waals surface area contributed by atoms with Gasteiger partial charge < -0.3 is 10.2 Å². The van der Waals surface area contributed by atoms with Gasteiger partial charge in [-0.1, -0.05) is 78.0 Å². The molecule has 1 aliphatic rings. The Morgan fingerprint density at radius 1 is 0.925 bits per heavy atom. The van der Waals surface area contributed by atoms with Gasteiger partial charge in [-0.05, 0) is 67.8 Å². The second-order valence-electron chi connectivity index (χ2n) is 9.74. The maximum Gasteiger partial charge on any atom is 0.264 e. The molecule has 0 heterocycles. The third kappa shape index (κ3) is 7.29. The van der Waals surface area contributed by atoms with Crippen LogP contribution in [0.4, 0.5) is 5.69 Å². The van der Waals surface area contributed by atoms with E-state index in [1.165, 1.54) is 35.2 Å². The maximum atomic E-state index is 14.0. The molecule has 1 aliphatic carbocycles. The molecule has 1 atom stereocenters. The van der Waals surface area contributed by atoms with Crippen LogP contribution in [0.3, 0.4) is 0 Å². The van der Waals surface area contributed by atoms with Gasteiger partial charge in [0.2, 0.25) is 11.8 Å². The van der Waals surface area contributed by atoms with Crippen molar-refractivity contribution in [2.45, 2.75) is 56.1 Å². The third-order valence-corrected chi connectivity index (χ3v) is 9.45. The molecule has 40 heavy (non-hydrogen) atoms. The lowest BCUT2D eigenvalue weighted by Gasteiger charge is -2.32. The van der Waals surface area contributed by atoms with Gasteiger partial charge in [-0.3, -0.25) is 13.9 Å². The predicted molar refractivity (Wildman–Crippen MR) is 159 cm³/mol. The van der Waals surface area contributed by atoms with E-state index in [9.17, 15) is 18.0 Å². The molecular weight excluding hydrogens is 593 g/mol. The van der Waals surface area contributed by atoms with Crippen LogP contribution in [-0.2, 0) is 26.2 Å². The number of nitrogens with one attached hydrogen (secondary N) is 1. The Kier molecular flexibility index (Phi) is 10.0. The minimum atomic E-state index is -4.23. The van der Waals surface area contributed by atoms with Crippen molar-refractivity contribution in [2.24, 2.45) is 0 Å². The first kappa shape index (κ1) is 30.2. The van der Waals surface area contributed by atoms with Crippen molar-refractivity contribution in [3.63, 3.8) is 0 Å². The molecule has 1 unspecified atom stereocenters. The van der Waals surface area contributed by atoms with Crippen LogP contribution < -0.4 is 9.62 Å². The second kappa shape index (κ2) is 13.3. The fourth-order valence-electron chi connectivity index (χ4n) is 4.72. The lowest BCUT2D eigenvalue weighted by molar-refractivity contribution is -0.139. The van der Waals surface area contributed by atoms with E-state index in [0.717, 1.165) is 30.0 Å². The summed E-state index contributed by atoms with van der Waals surface area (Å²) < 4.78 is 28.6. The van der Waals surface area contributed by atoms with E-state index >= 15 is 0 Å². The van der Waals surface area contributed by atoms with E-state index in [1.807, 2.05) is 0 Å². The molecule has 1 saturated carbocycles. The van der Waals surface area contributed by atoms with Crippen LogP contribution in [0, 0.1) is 0 Å². The highest BCUT2D eigenvalue weighted by atomic mass is 35.5. The Morgan fingerprint density at radius 3 is 2.25 bits per heavy atom. The van der Waals surface area contributed by atoms with E-state index in [0.29, 0.717) is 15.6 Å². The van der Waals surface area contributed by atoms with Crippen LogP contribution in [0.1, 0.15) is 38.2 Å². The average Bonchev–Trinajstić information content (AvgIpc) is 3.44. The van der Waals surface area contributed by atoms with E-state index in [2.05, 4.69) is 5.32 Å². The van der Waals surface area contributed by atoms with Crippen molar-refractivity contribution < 1.29 is 18.0 Å². The Hall–Kier alpha value is -2.78. The largest absolute Gasteiger partial charge is 0.352 e. The van der Waals surface area contributed by atoms with Crippen LogP contribution in [0.5, 0.6) is 0 Å². The Bertz CT molecular complexity index is 1460. The highest BCUT2D eigenvalue weighted by Crippen LogP contribution is 2.33. The van der Waals surface area contributed by atoms with E-state index in [1.54, 1.807) is 49.4 Å². The molecule has 0 spiro atoms. The zero-order valence-corrected chi connectivity index (χ0v) is 25.0. The maximum absolute atomic E-state index is 14.0. The van der Waals surface area contributed by atoms with E-state index < -0.39 is 28.5 Å². The first-order chi connectivity index (χ1) is 19.1. The minimum Gasteiger partial charge on any atom is -0.352 e. The SMILES string of the molecule is CC(C(=O)NC1CCCC1)N(Cc1cccc(Cl)c1)C(=O)CN(c1ccc(Cl)cc1Cl)S(=O)(=O)c1ccccc1. The number of rotatable bonds is 10. The Balaban J connectivity index is 1.70. The molecule has 212 valence electrons. The molecule has 1 N–H and O–H groups in total. The molecule has 7 nitrogen and oxygen atoms in total. The molecule has 0 aromatic heterocycles. The summed E-state index contributed by atoms with van der Waals surface area (Å²) in [5.74, 6) is -0.885. The summed E-state index contributed by atoms with van der Waals surface area (Å²) in [5.41, 5.74) is 0.789. The minimum absolute atomic E-state index is 0.0118. The number of amides is 2. The van der Waals surface area contributed by atoms with Crippen LogP contribution in [0.25, 0.3) is 0 Å². The highest BCUT2D eigenvalue weighted by molar-refractivity contribution is 7.92. The number of hydrogen-bond acceptors (Lipinski definition) is 4. The summed E-state index contributed by atoms with van der Waals surface area (Å²) in [6.07, 6.45) is 3.86. The van der Waals surface area contributed by atoms with Gasteiger partial charge >= 0.3 is 0 Å². The topological polar surface area (TPSA) is 86.8 Å². The fourth-order valence-corrected chi connectivity index (χ4v) is 6.95. The average molecular weight is 623 g/mol. The molecule has 0 aliphatic heterocycles. The summed E-state index contributed by atoms with van der Waals surface area (Å²) >= 11 is 18.7. The quantitative estimate of drug-likeness (QED) is 0.287. The number of anilines is 1. The van der Waals surface area contributed by atoms with Gasteiger partial charge in [0.05, 0.1) is 15.6 Å². The van der Waals surface area contributed by atoms with Gasteiger partial charge in [0.25, 0.3) is 10.0 Å². The number of sulfonamides is 1. The molecule has 2 amide bonds. The number of carbonyl (C=O) groups is 2. The molecule has 1 fully saturated rings. The van der Waals surface area contributed by atoms with Crippen LogP contribution >= 0.6 is 34.8 Å². The van der Waals surface area contributed by atoms with Crippen molar-refractivity contribution in [1.29, 1.82) is 0 Å². The molecule has 4 rings (SSSR count). The van der Waals surface area contributed by atoms with Gasteiger partial charge in [-0.25, -0.2) is 8.42 Å². The summed E-state index contributed by atoms with van der Waals surface area (Å²) in [5, 5.41) is 3.90. The Morgan fingerprint density at radius 2 is 1.60 bits per heavy atom. The number of hydrogen-bond donors (Lipinski definition) is 1. The van der Waals surface area contributed by atoms with Gasteiger partial charge in [-0.15, -0.1) is 0 Å². The van der Waals surface area contributed by atoms with E-state index in [4.69, 9.17) is 34.8 Å². The van der Waals surface area contributed by atoms with Crippen molar-refractivity contribution >= 4 is 62.3 Å². The van der Waals surface area contributed by atoms with Gasteiger partial charge in [0.15, 0.2) is 0 Å². The van der Waals surface area contributed by atoms with Crippen molar-refractivity contribution in [3.8, 4) is 0 Å². The van der Waals surface area contributed by atoms with Crippen LogP contribution in [0.2, 0.25) is 15.1 Å². The monoisotopic (exact) mass is 621 g/mol. The molecule has 0 saturated heterocycles. The standard InChI is InChI=1S/C29H30Cl3N3O4S/c1-20(29(37)33-24-10-5-6-11-24)34(18-21-8-7-9-22(30)16-21)28(36)19-35(27-15-14-23(31)17-26(27)32)40(38,39)25-12-3-2-4-13-25/h2-4,7-9,12-17,20,24H,5-6,10-11,18-19H2,1H3,(H,33,37). The third-order valence-electron chi connectivity index (χ3n) is 6.90. The van der Waals surface area contributed by atoms with Gasteiger partial charge in [0.1, 0.15) is 12.6 Å². The zero-order chi connectivity index (χ0) is 28.9. The van der Waals surface area contributed by atoms with Gasteiger partial charge in [0, 0.05) is 22.6 Å². The second-order valence-corrected chi connectivity index (χ2v) is 12.9. The Labute approximate surface area is 250 Å². The first-order valence-corrected chi connectivity index (χ1v) is 15.5. The molecule has 3 aromatic carbocycles. The van der Waals surface area contributed by atoms with Crippen molar-refractivity contribution in [1.82, 2.24) is 10.2 Å². The molecule has 11 heteroatoms. The number of halogens is 3. The number of carbonyl (C=O) groups excluding carboxylic acids is 2. The summed E-state index contributed by atoms with van der Waals surface area (Å²) in [7, 11) is -4.23. The van der Waals surface area contributed by atoms with Gasteiger partial charge in [-0.2, -0.15) is 0 Å². The molecule has 3 aromatic rings. The van der Waals surface area contributed by atoms with Crippen LogP contribution in [-0.4, -0.2) is 43.8 Å². The fraction of sp³-hybridized carbons (Fsp3) is 0.310. The predicted octanol–water partition coefficient (Wildman–Crippen LogP) is 6.32. The number of nitrogens with zero attached hydrogens (tertiary/aromatic N) is 2. The number of benzene rings is 3. The molecule has 0 radical (unpaired) electrons. The van der Waals surface area contributed by atoms with Crippen molar-refractivity contribution in [3.05, 3.63) is 93.4 Å². The smallest absolute Gasteiger partial charge is 0.264 e. The lowest BCUT2D eigenvalue weighted by atomic mass is 10.1. The zero-order valence-electron chi connectivity index (χ0n) is 21.9. The summed E-state index contributed by atoms with van der Waals surface area (Å²) in [6.45, 7) is 1.09. The lowest BCUT2D eigenvalue weighted by Crippen LogP contribution is -2.52. The molecule has 0 bridgehead atoms. The normalized spacial score (nSPS) is 14.5. The van der Waals surface area contributed by atoms with Crippen molar-refractivity contribution in [2.75, 3.05) is 10.8 Å².